The van der Waals surface area contributed by atoms with E-state index in [2.05, 4.69) is 0 Å². The minimum absolute atomic E-state index is 0.0353. The zero-order valence-electron chi connectivity index (χ0n) is 9.69. The van der Waals surface area contributed by atoms with Crippen molar-refractivity contribution in [2.75, 3.05) is 0 Å². The third kappa shape index (κ3) is 1.44. The number of fused-ring (bicyclic) bond motifs is 1. The molecule has 0 aromatic carbocycles. The van der Waals surface area contributed by atoms with Crippen molar-refractivity contribution in [1.29, 1.82) is 0 Å². The highest BCUT2D eigenvalue weighted by molar-refractivity contribution is 6.03. The van der Waals surface area contributed by atoms with Gasteiger partial charge in [0.05, 0.1) is 17.3 Å². The zero-order valence-corrected chi connectivity index (χ0v) is 9.69. The molecule has 0 aliphatic rings. The monoisotopic (exact) mass is 217 g/mol. The molecule has 0 saturated carbocycles. The smallest absolute Gasteiger partial charge is 0.162 e. The Morgan fingerprint density at radius 3 is 2.69 bits per heavy atom. The van der Waals surface area contributed by atoms with Gasteiger partial charge in [-0.05, 0) is 38.5 Å². The van der Waals surface area contributed by atoms with Crippen LogP contribution in [0.4, 0.5) is 0 Å². The Balaban J connectivity index is 2.91. The van der Waals surface area contributed by atoms with Crippen LogP contribution in [0.1, 0.15) is 41.6 Å². The fourth-order valence-electron chi connectivity index (χ4n) is 2.32. The second kappa shape index (κ2) is 3.76. The molecule has 0 amide bonds. The second-order valence-electron chi connectivity index (χ2n) is 4.07. The van der Waals surface area contributed by atoms with Crippen LogP contribution in [0.2, 0.25) is 0 Å². The van der Waals surface area contributed by atoms with Crippen LogP contribution in [0.3, 0.4) is 0 Å². The summed E-state index contributed by atoms with van der Waals surface area (Å²) in [5.41, 5.74) is 3.23. The van der Waals surface area contributed by atoms with Crippen LogP contribution in [-0.4, -0.2) is 15.3 Å². The van der Waals surface area contributed by atoms with E-state index in [0.29, 0.717) is 5.56 Å². The predicted molar refractivity (Wildman–Crippen MR) is 62.8 cm³/mol. The summed E-state index contributed by atoms with van der Waals surface area (Å²) in [6.45, 7) is 5.15. The van der Waals surface area contributed by atoms with E-state index < -0.39 is 6.10 Å². The number of rotatable bonds is 2. The van der Waals surface area contributed by atoms with Crippen molar-refractivity contribution in [2.24, 2.45) is 0 Å². The Bertz CT molecular complexity index is 552. The van der Waals surface area contributed by atoms with E-state index >= 15 is 0 Å². The van der Waals surface area contributed by atoms with E-state index in [1.165, 1.54) is 0 Å². The average Bonchev–Trinajstić information content (AvgIpc) is 2.49. The number of hydrogen-bond donors (Lipinski definition) is 1. The number of aliphatic hydroxyl groups is 1. The number of carbonyl (C=O) groups excluding carboxylic acids is 1. The molecule has 0 aliphatic heterocycles. The van der Waals surface area contributed by atoms with Gasteiger partial charge in [0, 0.05) is 11.8 Å². The summed E-state index contributed by atoms with van der Waals surface area (Å²) < 4.78 is 1.89. The fraction of sp³-hybridized carbons (Fsp3) is 0.308. The summed E-state index contributed by atoms with van der Waals surface area (Å²) in [6.07, 6.45) is 1.29. The van der Waals surface area contributed by atoms with Gasteiger partial charge in [-0.25, -0.2) is 0 Å². The first-order valence-electron chi connectivity index (χ1n) is 5.32. The molecular formula is C13H15NO2. The first kappa shape index (κ1) is 10.9. The number of nitrogens with zero attached hydrogens (tertiary/aromatic N) is 1. The molecule has 1 unspecified atom stereocenters. The molecule has 1 N–H and O–H groups in total. The molecule has 3 heteroatoms. The minimum atomic E-state index is -0.581. The molecule has 0 saturated heterocycles. The van der Waals surface area contributed by atoms with E-state index in [-0.39, 0.29) is 5.78 Å². The second-order valence-corrected chi connectivity index (χ2v) is 4.07. The summed E-state index contributed by atoms with van der Waals surface area (Å²) in [7, 11) is 0. The van der Waals surface area contributed by atoms with Crippen LogP contribution < -0.4 is 0 Å². The number of carbonyl (C=O) groups is 1. The largest absolute Gasteiger partial charge is 0.387 e. The fourth-order valence-corrected chi connectivity index (χ4v) is 2.32. The Kier molecular flexibility index (Phi) is 2.56. The summed E-state index contributed by atoms with van der Waals surface area (Å²) in [5, 5.41) is 9.77. The van der Waals surface area contributed by atoms with Crippen molar-refractivity contribution >= 4 is 11.3 Å². The number of aliphatic hydroxyl groups excluding tert-OH is 1. The van der Waals surface area contributed by atoms with Gasteiger partial charge < -0.3 is 9.51 Å². The molecule has 0 fully saturated rings. The highest BCUT2D eigenvalue weighted by Crippen LogP contribution is 2.27. The van der Waals surface area contributed by atoms with Gasteiger partial charge in [0.1, 0.15) is 0 Å². The molecule has 2 rings (SSSR count). The summed E-state index contributed by atoms with van der Waals surface area (Å²) >= 11 is 0. The lowest BCUT2D eigenvalue weighted by Gasteiger charge is -2.06. The molecule has 2 heterocycles. The molecule has 0 bridgehead atoms. The van der Waals surface area contributed by atoms with E-state index in [4.69, 9.17) is 0 Å². The average molecular weight is 217 g/mol. The highest BCUT2D eigenvalue weighted by atomic mass is 16.3. The molecule has 0 spiro atoms. The van der Waals surface area contributed by atoms with Gasteiger partial charge in [-0.2, -0.15) is 0 Å². The van der Waals surface area contributed by atoms with Crippen molar-refractivity contribution in [3.63, 3.8) is 0 Å². The standard InChI is InChI=1S/C13H15NO2/c1-8-12(9(2)15)11-6-4-5-7-14(11)13(8)10(3)16/h4-7,10,16H,1-3H3. The van der Waals surface area contributed by atoms with E-state index in [1.54, 1.807) is 13.8 Å². The molecule has 1 atom stereocenters. The normalized spacial score (nSPS) is 13.0. The summed E-state index contributed by atoms with van der Waals surface area (Å²) in [5.74, 6) is 0.0353. The molecule has 84 valence electrons. The molecule has 2 aromatic heterocycles. The number of hydrogen-bond acceptors (Lipinski definition) is 2. The van der Waals surface area contributed by atoms with Gasteiger partial charge in [0.25, 0.3) is 0 Å². The van der Waals surface area contributed by atoms with Crippen LogP contribution in [0, 0.1) is 6.92 Å². The summed E-state index contributed by atoms with van der Waals surface area (Å²) in [6, 6.07) is 5.69. The Morgan fingerprint density at radius 1 is 1.44 bits per heavy atom. The number of aromatic nitrogens is 1. The SMILES string of the molecule is CC(=O)c1c(C)c(C(C)O)n2ccccc12. The number of pyridine rings is 1. The van der Waals surface area contributed by atoms with Crippen LogP contribution >= 0.6 is 0 Å². The lowest BCUT2D eigenvalue weighted by molar-refractivity contribution is 0.101. The van der Waals surface area contributed by atoms with Crippen LogP contribution in [0.15, 0.2) is 24.4 Å². The molecule has 0 radical (unpaired) electrons. The van der Waals surface area contributed by atoms with Crippen molar-refractivity contribution in [2.45, 2.75) is 26.9 Å². The maximum Gasteiger partial charge on any atom is 0.162 e. The van der Waals surface area contributed by atoms with E-state index in [1.807, 2.05) is 35.7 Å². The van der Waals surface area contributed by atoms with Crippen molar-refractivity contribution in [3.05, 3.63) is 41.2 Å². The maximum absolute atomic E-state index is 11.6. The Morgan fingerprint density at radius 2 is 2.12 bits per heavy atom. The predicted octanol–water partition coefficient (Wildman–Crippen LogP) is 2.50. The van der Waals surface area contributed by atoms with Gasteiger partial charge in [-0.3, -0.25) is 4.79 Å². The first-order chi connectivity index (χ1) is 7.54. The number of ketones is 1. The van der Waals surface area contributed by atoms with Crippen molar-refractivity contribution in [1.82, 2.24) is 4.40 Å². The lowest BCUT2D eigenvalue weighted by Crippen LogP contribution is -1.99. The third-order valence-electron chi connectivity index (χ3n) is 2.88. The van der Waals surface area contributed by atoms with Gasteiger partial charge in [-0.15, -0.1) is 0 Å². The lowest BCUT2D eigenvalue weighted by atomic mass is 10.1. The maximum atomic E-state index is 11.6. The molecular weight excluding hydrogens is 202 g/mol. The summed E-state index contributed by atoms with van der Waals surface area (Å²) in [4.78, 5) is 11.6. The zero-order chi connectivity index (χ0) is 11.9. The first-order valence-corrected chi connectivity index (χ1v) is 5.32. The molecule has 16 heavy (non-hydrogen) atoms. The third-order valence-corrected chi connectivity index (χ3v) is 2.88. The van der Waals surface area contributed by atoms with Crippen molar-refractivity contribution in [3.8, 4) is 0 Å². The van der Waals surface area contributed by atoms with Gasteiger partial charge in [0.2, 0.25) is 0 Å². The highest BCUT2D eigenvalue weighted by Gasteiger charge is 2.19. The van der Waals surface area contributed by atoms with E-state index in [9.17, 15) is 9.90 Å². The van der Waals surface area contributed by atoms with Crippen LogP contribution in [-0.2, 0) is 0 Å². The van der Waals surface area contributed by atoms with Crippen molar-refractivity contribution < 1.29 is 9.90 Å². The quantitative estimate of drug-likeness (QED) is 0.785. The Hall–Kier alpha value is -1.61. The van der Waals surface area contributed by atoms with Gasteiger partial charge >= 0.3 is 0 Å². The van der Waals surface area contributed by atoms with E-state index in [0.717, 1.165) is 16.8 Å². The van der Waals surface area contributed by atoms with Crippen LogP contribution in [0.25, 0.3) is 5.52 Å². The Labute approximate surface area is 94.3 Å². The van der Waals surface area contributed by atoms with Gasteiger partial charge in [-0.1, -0.05) is 6.07 Å². The molecule has 0 aliphatic carbocycles. The molecule has 3 nitrogen and oxygen atoms in total. The number of Topliss-reactive ketones (excluding diaryl/α,β-unsaturated/α-hetero) is 1. The molecule has 2 aromatic rings. The van der Waals surface area contributed by atoms with Crippen LogP contribution in [0.5, 0.6) is 0 Å². The van der Waals surface area contributed by atoms with Gasteiger partial charge in [0.15, 0.2) is 5.78 Å². The minimum Gasteiger partial charge on any atom is -0.387 e. The topological polar surface area (TPSA) is 41.7 Å².